The molecule has 1 aromatic carbocycles. The average Bonchev–Trinajstić information content (AvgIpc) is 2.81. The smallest absolute Gasteiger partial charge is 0.165 e. The molecule has 0 spiro atoms. The van der Waals surface area contributed by atoms with Gasteiger partial charge >= 0.3 is 0 Å². The van der Waals surface area contributed by atoms with Gasteiger partial charge in [0.25, 0.3) is 0 Å². The molecule has 18 heavy (non-hydrogen) atoms. The van der Waals surface area contributed by atoms with E-state index in [1.165, 1.54) is 6.92 Å². The zero-order valence-corrected chi connectivity index (χ0v) is 10.7. The second kappa shape index (κ2) is 3.64. The number of carbonyl (C=O) groups excluding carboxylic acids is 1. The monoisotopic (exact) mass is 248 g/mol. The average molecular weight is 248 g/mol. The number of phenolic OH excluding ortho intramolecular Hbond substituents is 1. The maximum absolute atomic E-state index is 11.9. The number of Topliss-reactive ketones (excluding diaryl/α,β-unsaturated/α-hetero) is 1. The zero-order valence-electron chi connectivity index (χ0n) is 10.7. The van der Waals surface area contributed by atoms with Crippen LogP contribution in [0.5, 0.6) is 17.2 Å². The van der Waals surface area contributed by atoms with Gasteiger partial charge in [-0.05, 0) is 20.8 Å². The molecule has 0 aromatic heterocycles. The van der Waals surface area contributed by atoms with E-state index < -0.39 is 0 Å². The lowest BCUT2D eigenvalue weighted by molar-refractivity contribution is 0.101. The first-order chi connectivity index (χ1) is 8.49. The largest absolute Gasteiger partial charge is 0.504 e. The summed E-state index contributed by atoms with van der Waals surface area (Å²) >= 11 is 0. The van der Waals surface area contributed by atoms with Gasteiger partial charge in [-0.15, -0.1) is 0 Å². The number of hydrogen-bond donors (Lipinski definition) is 1. The van der Waals surface area contributed by atoms with E-state index in [0.29, 0.717) is 35.5 Å². The molecule has 0 fully saturated rings. The molecule has 1 aromatic rings. The third-order valence-corrected chi connectivity index (χ3v) is 3.55. The Labute approximate surface area is 106 Å². The van der Waals surface area contributed by atoms with Crippen molar-refractivity contribution in [3.05, 3.63) is 16.7 Å². The Balaban J connectivity index is 2.29. The van der Waals surface area contributed by atoms with Crippen LogP contribution in [0.3, 0.4) is 0 Å². The van der Waals surface area contributed by atoms with Gasteiger partial charge in [-0.2, -0.15) is 0 Å². The zero-order chi connectivity index (χ0) is 13.0. The van der Waals surface area contributed by atoms with Crippen molar-refractivity contribution in [1.82, 2.24) is 0 Å². The van der Waals surface area contributed by atoms with Crippen LogP contribution >= 0.6 is 0 Å². The number of ketones is 1. The SMILES string of the molecule is CC(=O)c1c2c(c(O)c3c1OC(C)C3)OC(C)C2. The van der Waals surface area contributed by atoms with E-state index in [1.54, 1.807) is 0 Å². The van der Waals surface area contributed by atoms with Crippen molar-refractivity contribution >= 4 is 5.78 Å². The van der Waals surface area contributed by atoms with Crippen LogP contribution in [0.1, 0.15) is 42.3 Å². The van der Waals surface area contributed by atoms with Crippen LogP contribution in [-0.2, 0) is 12.8 Å². The normalized spacial score (nSPS) is 24.2. The molecule has 1 N–H and O–H groups in total. The molecule has 0 saturated heterocycles. The number of ether oxygens (including phenoxy) is 2. The highest BCUT2D eigenvalue weighted by Crippen LogP contribution is 2.50. The van der Waals surface area contributed by atoms with Crippen LogP contribution in [0.4, 0.5) is 0 Å². The minimum Gasteiger partial charge on any atom is -0.504 e. The van der Waals surface area contributed by atoms with Gasteiger partial charge in [0.2, 0.25) is 0 Å². The Morgan fingerprint density at radius 1 is 1.11 bits per heavy atom. The van der Waals surface area contributed by atoms with E-state index in [2.05, 4.69) is 0 Å². The topological polar surface area (TPSA) is 55.8 Å². The number of fused-ring (bicyclic) bond motifs is 2. The van der Waals surface area contributed by atoms with Crippen LogP contribution in [0, 0.1) is 0 Å². The van der Waals surface area contributed by atoms with E-state index in [9.17, 15) is 9.90 Å². The molecule has 4 nitrogen and oxygen atoms in total. The molecule has 2 heterocycles. The van der Waals surface area contributed by atoms with Gasteiger partial charge in [0.15, 0.2) is 17.3 Å². The fraction of sp³-hybridized carbons (Fsp3) is 0.500. The lowest BCUT2D eigenvalue weighted by atomic mass is 9.95. The lowest BCUT2D eigenvalue weighted by Gasteiger charge is -2.12. The molecule has 2 aliphatic heterocycles. The van der Waals surface area contributed by atoms with E-state index >= 15 is 0 Å². The Morgan fingerprint density at radius 2 is 1.67 bits per heavy atom. The van der Waals surface area contributed by atoms with Crippen LogP contribution in [0.15, 0.2) is 0 Å². The third kappa shape index (κ3) is 1.41. The minimum atomic E-state index is -0.0331. The molecular weight excluding hydrogens is 232 g/mol. The van der Waals surface area contributed by atoms with Crippen LogP contribution in [0.25, 0.3) is 0 Å². The molecule has 0 aliphatic carbocycles. The van der Waals surface area contributed by atoms with Gasteiger partial charge in [0.1, 0.15) is 18.0 Å². The molecule has 0 amide bonds. The summed E-state index contributed by atoms with van der Waals surface area (Å²) in [6.45, 7) is 5.39. The fourth-order valence-electron chi connectivity index (χ4n) is 2.86. The van der Waals surface area contributed by atoms with Crippen molar-refractivity contribution < 1.29 is 19.4 Å². The number of phenols is 1. The number of hydrogen-bond acceptors (Lipinski definition) is 4. The highest BCUT2D eigenvalue weighted by Gasteiger charge is 2.36. The summed E-state index contributed by atoms with van der Waals surface area (Å²) < 4.78 is 11.3. The van der Waals surface area contributed by atoms with Gasteiger partial charge < -0.3 is 14.6 Å². The maximum atomic E-state index is 11.9. The van der Waals surface area contributed by atoms with Gasteiger partial charge in [-0.3, -0.25) is 4.79 Å². The van der Waals surface area contributed by atoms with Crippen molar-refractivity contribution in [3.63, 3.8) is 0 Å². The molecule has 4 heteroatoms. The first kappa shape index (κ1) is 11.4. The summed E-state index contributed by atoms with van der Waals surface area (Å²) in [7, 11) is 0. The quantitative estimate of drug-likeness (QED) is 0.774. The first-order valence-electron chi connectivity index (χ1n) is 6.24. The van der Waals surface area contributed by atoms with Crippen molar-refractivity contribution in [1.29, 1.82) is 0 Å². The molecule has 2 atom stereocenters. The first-order valence-corrected chi connectivity index (χ1v) is 6.24. The summed E-state index contributed by atoms with van der Waals surface area (Å²) in [6, 6.07) is 0. The summed E-state index contributed by atoms with van der Waals surface area (Å²) in [5, 5.41) is 10.3. The third-order valence-electron chi connectivity index (χ3n) is 3.55. The van der Waals surface area contributed by atoms with Gasteiger partial charge in [-0.1, -0.05) is 0 Å². The molecular formula is C14H16O4. The van der Waals surface area contributed by atoms with E-state index in [1.807, 2.05) is 13.8 Å². The van der Waals surface area contributed by atoms with Gasteiger partial charge in [-0.25, -0.2) is 0 Å². The molecule has 0 saturated carbocycles. The lowest BCUT2D eigenvalue weighted by Crippen LogP contribution is -2.09. The van der Waals surface area contributed by atoms with Crippen LogP contribution in [0.2, 0.25) is 0 Å². The standard InChI is InChI=1S/C14H16O4/c1-6-4-9-11(8(3)15)13-10(5-7(2)17-13)12(16)14(9)18-6/h6-7,16H,4-5H2,1-3H3. The Morgan fingerprint density at radius 3 is 2.28 bits per heavy atom. The second-order valence-electron chi connectivity index (χ2n) is 5.16. The van der Waals surface area contributed by atoms with Crippen molar-refractivity contribution in [3.8, 4) is 17.2 Å². The van der Waals surface area contributed by atoms with Gasteiger partial charge in [0.05, 0.1) is 5.56 Å². The Bertz CT molecular complexity index is 508. The summed E-state index contributed by atoms with van der Waals surface area (Å²) in [5.74, 6) is 1.15. The van der Waals surface area contributed by atoms with E-state index in [-0.39, 0.29) is 23.7 Å². The van der Waals surface area contributed by atoms with Gasteiger partial charge in [0, 0.05) is 24.0 Å². The Kier molecular flexibility index (Phi) is 2.30. The van der Waals surface area contributed by atoms with Crippen LogP contribution < -0.4 is 9.47 Å². The molecule has 2 aliphatic rings. The summed E-state index contributed by atoms with van der Waals surface area (Å²) in [6.07, 6.45) is 1.24. The summed E-state index contributed by atoms with van der Waals surface area (Å²) in [4.78, 5) is 11.9. The molecule has 2 unspecified atom stereocenters. The molecule has 3 rings (SSSR count). The number of carbonyl (C=O) groups is 1. The predicted molar refractivity (Wildman–Crippen MR) is 65.7 cm³/mol. The molecule has 0 radical (unpaired) electrons. The number of benzene rings is 1. The van der Waals surface area contributed by atoms with E-state index in [4.69, 9.17) is 9.47 Å². The Hall–Kier alpha value is -1.71. The fourth-order valence-corrected chi connectivity index (χ4v) is 2.86. The predicted octanol–water partition coefficient (Wildman–Crippen LogP) is 2.24. The maximum Gasteiger partial charge on any atom is 0.165 e. The van der Waals surface area contributed by atoms with Crippen molar-refractivity contribution in [2.24, 2.45) is 0 Å². The van der Waals surface area contributed by atoms with E-state index in [0.717, 1.165) is 5.56 Å². The highest BCUT2D eigenvalue weighted by atomic mass is 16.5. The molecule has 96 valence electrons. The van der Waals surface area contributed by atoms with Crippen LogP contribution in [-0.4, -0.2) is 23.1 Å². The number of aromatic hydroxyl groups is 1. The minimum absolute atomic E-state index is 0.0102. The molecule has 0 bridgehead atoms. The second-order valence-corrected chi connectivity index (χ2v) is 5.16. The number of rotatable bonds is 1. The van der Waals surface area contributed by atoms with Crippen molar-refractivity contribution in [2.45, 2.75) is 45.8 Å². The highest BCUT2D eigenvalue weighted by molar-refractivity contribution is 6.00. The summed E-state index contributed by atoms with van der Waals surface area (Å²) in [5.41, 5.74) is 2.09. The van der Waals surface area contributed by atoms with Crippen molar-refractivity contribution in [2.75, 3.05) is 0 Å².